The molecule has 2 N–H and O–H groups in total. The third-order valence-electron chi connectivity index (χ3n) is 5.48. The molecule has 1 atom stereocenters. The summed E-state index contributed by atoms with van der Waals surface area (Å²) in [5.41, 5.74) is 1.79. The monoisotopic (exact) mass is 426 g/mol. The van der Waals surface area contributed by atoms with Gasteiger partial charge in [0.15, 0.2) is 11.5 Å². The summed E-state index contributed by atoms with van der Waals surface area (Å²) >= 11 is 0. The van der Waals surface area contributed by atoms with Crippen LogP contribution in [0.2, 0.25) is 0 Å². The molecule has 1 aliphatic heterocycles. The van der Waals surface area contributed by atoms with Crippen LogP contribution in [0.4, 0.5) is 0 Å². The van der Waals surface area contributed by atoms with E-state index in [0.29, 0.717) is 11.1 Å². The topological polar surface area (TPSA) is 104 Å². The van der Waals surface area contributed by atoms with E-state index in [1.54, 1.807) is 48.8 Å². The quantitative estimate of drug-likeness (QED) is 0.461. The fourth-order valence-corrected chi connectivity index (χ4v) is 3.97. The van der Waals surface area contributed by atoms with Crippen molar-refractivity contribution < 1.29 is 24.2 Å². The number of carbonyl (C=O) groups excluding carboxylic acids is 2. The zero-order valence-corrected chi connectivity index (χ0v) is 16.8. The Labute approximate surface area is 182 Å². The lowest BCUT2D eigenvalue weighted by molar-refractivity contribution is -0.130. The van der Waals surface area contributed by atoms with E-state index in [-0.39, 0.29) is 23.6 Å². The number of carbonyl (C=O) groups is 2. The lowest BCUT2D eigenvalue weighted by Gasteiger charge is -2.26. The van der Waals surface area contributed by atoms with Gasteiger partial charge in [-0.2, -0.15) is 0 Å². The molecule has 1 aliphatic rings. The van der Waals surface area contributed by atoms with Crippen molar-refractivity contribution in [1.29, 1.82) is 0 Å². The van der Waals surface area contributed by atoms with Gasteiger partial charge < -0.3 is 19.5 Å². The maximum absolute atomic E-state index is 13.5. The zero-order valence-electron chi connectivity index (χ0n) is 16.8. The maximum Gasteiger partial charge on any atom is 0.290 e. The van der Waals surface area contributed by atoms with Crippen molar-refractivity contribution in [3.63, 3.8) is 0 Å². The van der Waals surface area contributed by atoms with Gasteiger partial charge in [-0.3, -0.25) is 14.6 Å². The first-order chi connectivity index (χ1) is 15.5. The van der Waals surface area contributed by atoms with Crippen LogP contribution in [0.15, 0.2) is 94.9 Å². The Morgan fingerprint density at radius 2 is 1.81 bits per heavy atom. The highest BCUT2D eigenvalue weighted by Crippen LogP contribution is 2.40. The second-order valence-electron chi connectivity index (χ2n) is 7.53. The van der Waals surface area contributed by atoms with Crippen molar-refractivity contribution in [3.05, 3.63) is 107 Å². The van der Waals surface area contributed by atoms with Gasteiger partial charge in [-0.05, 0) is 41.5 Å². The first-order valence-electron chi connectivity index (χ1n) is 9.98. The Balaban J connectivity index is 1.60. The number of fused-ring (bicyclic) bond motifs is 1. The number of pyridine rings is 1. The summed E-state index contributed by atoms with van der Waals surface area (Å²) in [6.07, 6.45) is 3.25. The summed E-state index contributed by atoms with van der Waals surface area (Å²) in [7, 11) is 0. The normalized spacial score (nSPS) is 16.2. The zero-order chi connectivity index (χ0) is 22.2. The number of aliphatic hydroxyl groups is 1. The minimum atomic E-state index is -0.857. The molecule has 5 rings (SSSR count). The number of hydrogen-bond acceptors (Lipinski definition) is 6. The number of phenolic OH excluding ortho intramolecular Hbond substituents is 1. The van der Waals surface area contributed by atoms with Gasteiger partial charge in [-0.25, -0.2) is 0 Å². The summed E-state index contributed by atoms with van der Waals surface area (Å²) in [4.78, 5) is 32.0. The number of aliphatic hydroxyl groups excluding tert-OH is 1. The smallest absolute Gasteiger partial charge is 0.290 e. The SMILES string of the molecule is O=C(C1=C(O)C(=O)N(Cc2cccnc2)C1c1ccc(O)cc1)c1cc2ccccc2o1. The molecule has 2 aromatic carbocycles. The van der Waals surface area contributed by atoms with Crippen molar-refractivity contribution in [3.8, 4) is 5.75 Å². The van der Waals surface area contributed by atoms with E-state index >= 15 is 0 Å². The maximum atomic E-state index is 13.5. The Kier molecular flexibility index (Phi) is 4.71. The van der Waals surface area contributed by atoms with Crippen LogP contribution < -0.4 is 0 Å². The molecule has 4 aromatic rings. The number of aromatic nitrogens is 1. The number of phenols is 1. The van der Waals surface area contributed by atoms with E-state index in [1.165, 1.54) is 17.0 Å². The molecule has 7 heteroatoms. The van der Waals surface area contributed by atoms with Crippen molar-refractivity contribution in [1.82, 2.24) is 9.88 Å². The molecule has 0 fully saturated rings. The molecule has 1 amide bonds. The average Bonchev–Trinajstić information content (AvgIpc) is 3.35. The number of para-hydroxylation sites is 1. The van der Waals surface area contributed by atoms with E-state index in [1.807, 2.05) is 18.2 Å². The van der Waals surface area contributed by atoms with Gasteiger partial charge in [-0.15, -0.1) is 0 Å². The summed E-state index contributed by atoms with van der Waals surface area (Å²) < 4.78 is 5.71. The molecule has 0 radical (unpaired) electrons. The Morgan fingerprint density at radius 1 is 1.03 bits per heavy atom. The predicted octanol–water partition coefficient (Wildman–Crippen LogP) is 4.31. The minimum absolute atomic E-state index is 0.0348. The molecule has 2 aromatic heterocycles. The minimum Gasteiger partial charge on any atom is -0.508 e. The first kappa shape index (κ1) is 19.6. The van der Waals surface area contributed by atoms with Gasteiger partial charge in [0, 0.05) is 24.3 Å². The molecule has 0 aliphatic carbocycles. The Hall–Kier alpha value is -4.39. The largest absolute Gasteiger partial charge is 0.508 e. The number of aromatic hydroxyl groups is 1. The highest BCUT2D eigenvalue weighted by atomic mass is 16.3. The van der Waals surface area contributed by atoms with Gasteiger partial charge in [0.25, 0.3) is 5.91 Å². The fraction of sp³-hybridized carbons (Fsp3) is 0.0800. The summed E-state index contributed by atoms with van der Waals surface area (Å²) in [5, 5.41) is 21.2. The van der Waals surface area contributed by atoms with Crippen molar-refractivity contribution in [2.45, 2.75) is 12.6 Å². The predicted molar refractivity (Wildman–Crippen MR) is 116 cm³/mol. The van der Waals surface area contributed by atoms with E-state index in [9.17, 15) is 19.8 Å². The molecule has 0 saturated heterocycles. The lowest BCUT2D eigenvalue weighted by atomic mass is 9.94. The summed E-state index contributed by atoms with van der Waals surface area (Å²) in [5.74, 6) is -1.76. The third kappa shape index (κ3) is 3.30. The van der Waals surface area contributed by atoms with E-state index in [0.717, 1.165) is 10.9 Å². The van der Waals surface area contributed by atoms with Crippen molar-refractivity contribution >= 4 is 22.7 Å². The second kappa shape index (κ2) is 7.70. The second-order valence-corrected chi connectivity index (χ2v) is 7.53. The van der Waals surface area contributed by atoms with Crippen LogP contribution >= 0.6 is 0 Å². The van der Waals surface area contributed by atoms with Gasteiger partial charge in [-0.1, -0.05) is 36.4 Å². The molecular weight excluding hydrogens is 408 g/mol. The third-order valence-corrected chi connectivity index (χ3v) is 5.48. The van der Waals surface area contributed by atoms with Gasteiger partial charge in [0.1, 0.15) is 11.3 Å². The number of furan rings is 1. The molecule has 0 bridgehead atoms. The number of nitrogens with zero attached hydrogens (tertiary/aromatic N) is 2. The van der Waals surface area contributed by atoms with Crippen LogP contribution in [0.5, 0.6) is 5.75 Å². The number of ketones is 1. The number of rotatable bonds is 5. The highest BCUT2D eigenvalue weighted by molar-refractivity contribution is 6.16. The molecule has 1 unspecified atom stereocenters. The molecule has 3 heterocycles. The number of Topliss-reactive ketones (excluding diaryl/α,β-unsaturated/α-hetero) is 1. The molecular formula is C25H18N2O5. The van der Waals surface area contributed by atoms with Gasteiger partial charge >= 0.3 is 0 Å². The summed E-state index contributed by atoms with van der Waals surface area (Å²) in [6, 6.07) is 17.7. The number of hydrogen-bond donors (Lipinski definition) is 2. The highest BCUT2D eigenvalue weighted by Gasteiger charge is 2.44. The molecule has 7 nitrogen and oxygen atoms in total. The van der Waals surface area contributed by atoms with Crippen LogP contribution in [-0.4, -0.2) is 31.8 Å². The Bertz CT molecular complexity index is 1320. The standard InChI is InChI=1S/C25H18N2O5/c28-18-9-7-16(8-10-18)22-21(23(29)20-12-17-5-1-2-6-19(17)32-20)24(30)25(31)27(22)14-15-4-3-11-26-13-15/h1-13,22,28,30H,14H2. The molecule has 0 saturated carbocycles. The number of benzene rings is 2. The van der Waals surface area contributed by atoms with Crippen LogP contribution in [0.1, 0.15) is 27.7 Å². The van der Waals surface area contributed by atoms with Crippen molar-refractivity contribution in [2.75, 3.05) is 0 Å². The summed E-state index contributed by atoms with van der Waals surface area (Å²) in [6.45, 7) is 0.138. The van der Waals surface area contributed by atoms with E-state index < -0.39 is 23.5 Å². The lowest BCUT2D eigenvalue weighted by Crippen LogP contribution is -2.30. The molecule has 0 spiro atoms. The van der Waals surface area contributed by atoms with Crippen LogP contribution in [-0.2, 0) is 11.3 Å². The molecule has 158 valence electrons. The van der Waals surface area contributed by atoms with Gasteiger partial charge in [0.2, 0.25) is 5.78 Å². The van der Waals surface area contributed by atoms with E-state index in [2.05, 4.69) is 4.98 Å². The van der Waals surface area contributed by atoms with Crippen molar-refractivity contribution in [2.24, 2.45) is 0 Å². The van der Waals surface area contributed by atoms with Gasteiger partial charge in [0.05, 0.1) is 11.6 Å². The first-order valence-corrected chi connectivity index (χ1v) is 9.98. The molecule has 32 heavy (non-hydrogen) atoms. The van der Waals surface area contributed by atoms with Crippen LogP contribution in [0.25, 0.3) is 11.0 Å². The Morgan fingerprint density at radius 3 is 2.53 bits per heavy atom. The fourth-order valence-electron chi connectivity index (χ4n) is 3.97. The van der Waals surface area contributed by atoms with Crippen LogP contribution in [0.3, 0.4) is 0 Å². The van der Waals surface area contributed by atoms with Crippen LogP contribution in [0, 0.1) is 0 Å². The average molecular weight is 426 g/mol. The van der Waals surface area contributed by atoms with E-state index in [4.69, 9.17) is 4.42 Å². The number of amides is 1.